The highest BCUT2D eigenvalue weighted by Crippen LogP contribution is 2.54. The zero-order chi connectivity index (χ0) is 26.9. The molecule has 5 rings (SSSR count). The molecule has 0 heterocycles. The van der Waals surface area contributed by atoms with Gasteiger partial charge in [0, 0.05) is 27.2 Å². The van der Waals surface area contributed by atoms with Gasteiger partial charge in [0.1, 0.15) is 5.82 Å². The first-order chi connectivity index (χ1) is 18.2. The van der Waals surface area contributed by atoms with Crippen LogP contribution in [-0.4, -0.2) is 5.78 Å². The molecule has 0 aliphatic heterocycles. The molecule has 1 nitrogen and oxygen atoms in total. The normalized spacial score (nSPS) is 30.1. The molecular formula is C36H53FO. The van der Waals surface area contributed by atoms with Gasteiger partial charge in [-0.3, -0.25) is 4.79 Å². The number of Topliss-reactive ketones (excluding diaryl/α,β-unsaturated/α-hetero) is 1. The smallest absolute Gasteiger partial charge is 0.163 e. The van der Waals surface area contributed by atoms with E-state index in [1.165, 1.54) is 93.1 Å². The average molecular weight is 521 g/mol. The summed E-state index contributed by atoms with van der Waals surface area (Å²) in [6.07, 6.45) is 19.7. The fourth-order valence-corrected chi connectivity index (χ4v) is 8.43. The third-order valence-corrected chi connectivity index (χ3v) is 10.6. The summed E-state index contributed by atoms with van der Waals surface area (Å²) in [6.45, 7) is 11.9. The quantitative estimate of drug-likeness (QED) is 0.258. The van der Waals surface area contributed by atoms with Gasteiger partial charge in [-0.25, -0.2) is 4.39 Å². The molecule has 0 saturated heterocycles. The molecule has 2 heteroatoms. The molecule has 0 bridgehead atoms. The van der Waals surface area contributed by atoms with Crippen LogP contribution in [0.15, 0.2) is 59.2 Å². The maximum atomic E-state index is 13.4. The lowest BCUT2D eigenvalue weighted by Crippen LogP contribution is -2.22. The first-order valence-corrected chi connectivity index (χ1v) is 15.6. The molecule has 2 fully saturated rings. The first-order valence-electron chi connectivity index (χ1n) is 15.6. The monoisotopic (exact) mass is 520 g/mol. The van der Waals surface area contributed by atoms with Crippen LogP contribution >= 0.6 is 0 Å². The van der Waals surface area contributed by atoms with Crippen molar-refractivity contribution in [3.63, 3.8) is 0 Å². The Morgan fingerprint density at radius 1 is 1.03 bits per heavy atom. The predicted octanol–water partition coefficient (Wildman–Crippen LogP) is 10.5. The molecule has 1 aromatic carbocycles. The van der Waals surface area contributed by atoms with Crippen LogP contribution < -0.4 is 0 Å². The van der Waals surface area contributed by atoms with E-state index in [0.717, 1.165) is 47.6 Å². The largest absolute Gasteiger partial charge is 0.294 e. The summed E-state index contributed by atoms with van der Waals surface area (Å²) < 4.78 is 13.4. The van der Waals surface area contributed by atoms with Gasteiger partial charge in [0.25, 0.3) is 0 Å². The highest BCUT2D eigenvalue weighted by atomic mass is 19.1. The summed E-state index contributed by atoms with van der Waals surface area (Å²) in [6, 6.07) is 6.60. The van der Waals surface area contributed by atoms with E-state index >= 15 is 0 Å². The second-order valence-corrected chi connectivity index (χ2v) is 14.0. The van der Waals surface area contributed by atoms with E-state index in [1.807, 2.05) is 12.1 Å². The molecule has 0 aromatic heterocycles. The van der Waals surface area contributed by atoms with E-state index in [-0.39, 0.29) is 19.9 Å². The molecule has 0 N–H and O–H groups in total. The van der Waals surface area contributed by atoms with Crippen LogP contribution in [0.25, 0.3) is 0 Å². The standard InChI is InChI=1S/C36H49FO.2H2/c1-24-9-8-12-28(19-26-10-6-5-7-11-26)29(17-24)18-25(2)33-23-36(3,4)34-22-35(38)30(21-32(33)34)20-27-13-15-31(37)16-14-27;;/h13-16,21,24,26,28-29,33H,2,5-12,17-20,22-23H2,1,3-4H3;2*1H/t24-,28+,29?,33?;;/m0../s1. The molecule has 2 unspecified atom stereocenters. The van der Waals surface area contributed by atoms with E-state index in [1.54, 1.807) is 0 Å². The number of hydrogen-bond acceptors (Lipinski definition) is 1. The van der Waals surface area contributed by atoms with Crippen molar-refractivity contribution in [2.24, 2.45) is 35.0 Å². The molecular weight excluding hydrogens is 467 g/mol. The van der Waals surface area contributed by atoms with Crippen LogP contribution in [-0.2, 0) is 11.2 Å². The number of halogens is 1. The molecule has 2 saturated carbocycles. The number of carbonyl (C=O) groups is 1. The summed E-state index contributed by atoms with van der Waals surface area (Å²) >= 11 is 0. The van der Waals surface area contributed by atoms with Crippen molar-refractivity contribution >= 4 is 5.78 Å². The van der Waals surface area contributed by atoms with Gasteiger partial charge >= 0.3 is 0 Å². The SMILES string of the molecule is C=C(CC1C[C@@H](C)CCC[C@@H]1CC1CCCCC1)C1CC(C)(C)C2=C1C=C(Cc1ccc(F)cc1)C(=O)C2.[HH].[HH]. The van der Waals surface area contributed by atoms with Gasteiger partial charge in [0.2, 0.25) is 0 Å². The number of allylic oxidation sites excluding steroid dienone is 5. The van der Waals surface area contributed by atoms with Crippen LogP contribution in [0.3, 0.4) is 0 Å². The van der Waals surface area contributed by atoms with Crippen molar-refractivity contribution < 1.29 is 12.0 Å². The Bertz CT molecular complexity index is 1090. The maximum Gasteiger partial charge on any atom is 0.163 e. The molecule has 4 aliphatic rings. The van der Waals surface area contributed by atoms with Crippen molar-refractivity contribution in [1.82, 2.24) is 0 Å². The lowest BCUT2D eigenvalue weighted by molar-refractivity contribution is -0.115. The van der Waals surface area contributed by atoms with E-state index in [2.05, 4.69) is 26.8 Å². The lowest BCUT2D eigenvalue weighted by atomic mass is 9.72. The van der Waals surface area contributed by atoms with Crippen LogP contribution in [0.2, 0.25) is 0 Å². The van der Waals surface area contributed by atoms with Gasteiger partial charge in [0.05, 0.1) is 0 Å². The summed E-state index contributed by atoms with van der Waals surface area (Å²) in [5.41, 5.74) is 6.04. The molecule has 0 radical (unpaired) electrons. The maximum absolute atomic E-state index is 13.4. The Morgan fingerprint density at radius 3 is 2.50 bits per heavy atom. The highest BCUT2D eigenvalue weighted by Gasteiger charge is 2.43. The third-order valence-electron chi connectivity index (χ3n) is 10.6. The minimum absolute atomic E-state index is 0. The van der Waals surface area contributed by atoms with E-state index in [9.17, 15) is 9.18 Å². The second kappa shape index (κ2) is 11.6. The molecule has 0 spiro atoms. The average Bonchev–Trinajstić information content (AvgIpc) is 3.02. The van der Waals surface area contributed by atoms with Gasteiger partial charge in [-0.15, -0.1) is 0 Å². The molecule has 4 aliphatic carbocycles. The van der Waals surface area contributed by atoms with Crippen LogP contribution in [0.4, 0.5) is 4.39 Å². The van der Waals surface area contributed by atoms with Crippen molar-refractivity contribution in [3.05, 3.63) is 70.6 Å². The molecule has 38 heavy (non-hydrogen) atoms. The fourth-order valence-electron chi connectivity index (χ4n) is 8.43. The minimum Gasteiger partial charge on any atom is -0.294 e. The van der Waals surface area contributed by atoms with Crippen molar-refractivity contribution in [2.45, 2.75) is 111 Å². The topological polar surface area (TPSA) is 17.1 Å². The van der Waals surface area contributed by atoms with Crippen molar-refractivity contribution in [3.8, 4) is 0 Å². The molecule has 4 atom stereocenters. The van der Waals surface area contributed by atoms with E-state index in [4.69, 9.17) is 6.58 Å². The van der Waals surface area contributed by atoms with Crippen LogP contribution in [0.1, 0.15) is 113 Å². The Balaban J connectivity index is 0.00000220. The highest BCUT2D eigenvalue weighted by molar-refractivity contribution is 5.99. The van der Waals surface area contributed by atoms with Crippen molar-refractivity contribution in [1.29, 1.82) is 0 Å². The molecule has 0 amide bonds. The lowest BCUT2D eigenvalue weighted by Gasteiger charge is -2.33. The summed E-state index contributed by atoms with van der Waals surface area (Å²) in [5.74, 6) is 3.71. The second-order valence-electron chi connectivity index (χ2n) is 14.0. The van der Waals surface area contributed by atoms with Gasteiger partial charge < -0.3 is 0 Å². The van der Waals surface area contributed by atoms with Gasteiger partial charge in [-0.05, 0) is 78.0 Å². The number of rotatable bonds is 7. The zero-order valence-corrected chi connectivity index (χ0v) is 24.2. The minimum atomic E-state index is -0.230. The Kier molecular flexibility index (Phi) is 8.46. The number of hydrogen-bond donors (Lipinski definition) is 0. The van der Waals surface area contributed by atoms with Crippen LogP contribution in [0.5, 0.6) is 0 Å². The Labute approximate surface area is 234 Å². The predicted molar refractivity (Wildman–Crippen MR) is 161 cm³/mol. The number of ketones is 1. The zero-order valence-electron chi connectivity index (χ0n) is 24.2. The van der Waals surface area contributed by atoms with Gasteiger partial charge in [-0.2, -0.15) is 0 Å². The summed E-state index contributed by atoms with van der Waals surface area (Å²) in [5, 5.41) is 0. The molecule has 210 valence electrons. The van der Waals surface area contributed by atoms with Crippen LogP contribution in [0, 0.1) is 40.8 Å². The molecule has 1 aromatic rings. The van der Waals surface area contributed by atoms with Crippen molar-refractivity contribution in [2.75, 3.05) is 0 Å². The van der Waals surface area contributed by atoms with E-state index in [0.29, 0.717) is 18.8 Å². The van der Waals surface area contributed by atoms with Gasteiger partial charge in [0.15, 0.2) is 5.78 Å². The Hall–Kier alpha value is -1.96. The fraction of sp³-hybridized carbons (Fsp3) is 0.639. The Morgan fingerprint density at radius 2 is 1.76 bits per heavy atom. The number of benzene rings is 1. The summed E-state index contributed by atoms with van der Waals surface area (Å²) in [7, 11) is 0. The van der Waals surface area contributed by atoms with E-state index < -0.39 is 0 Å². The number of carbonyl (C=O) groups excluding carboxylic acids is 1. The first kappa shape index (κ1) is 27.6. The summed E-state index contributed by atoms with van der Waals surface area (Å²) in [4.78, 5) is 13.2. The third kappa shape index (κ3) is 6.26. The van der Waals surface area contributed by atoms with Gasteiger partial charge in [-0.1, -0.05) is 108 Å².